The molecular weight excluding hydrogens is 318 g/mol. The molecule has 2 aromatic carbocycles. The maximum atomic E-state index is 12.2. The fourth-order valence-corrected chi connectivity index (χ4v) is 3.57. The van der Waals surface area contributed by atoms with Crippen molar-refractivity contribution in [3.05, 3.63) is 64.7 Å². The van der Waals surface area contributed by atoms with Crippen LogP contribution in [-0.2, 0) is 10.5 Å². The van der Waals surface area contributed by atoms with Crippen LogP contribution in [0.2, 0.25) is 0 Å². The minimum Gasteiger partial charge on any atom is -0.496 e. The summed E-state index contributed by atoms with van der Waals surface area (Å²) in [7, 11) is 1.65. The molecule has 2 aromatic rings. The van der Waals surface area contributed by atoms with Gasteiger partial charge >= 0.3 is 0 Å². The molecule has 0 heterocycles. The zero-order chi connectivity index (χ0) is 17.5. The van der Waals surface area contributed by atoms with Gasteiger partial charge in [0.1, 0.15) is 5.75 Å². The van der Waals surface area contributed by atoms with E-state index in [-0.39, 0.29) is 11.9 Å². The number of nitrogens with one attached hydrogen (secondary N) is 1. The van der Waals surface area contributed by atoms with E-state index in [1.54, 1.807) is 18.9 Å². The van der Waals surface area contributed by atoms with E-state index in [4.69, 9.17) is 4.74 Å². The molecule has 0 aliphatic carbocycles. The minimum atomic E-state index is -0.0736. The van der Waals surface area contributed by atoms with Gasteiger partial charge in [-0.1, -0.05) is 47.5 Å². The van der Waals surface area contributed by atoms with Gasteiger partial charge in [-0.3, -0.25) is 4.79 Å². The lowest BCUT2D eigenvalue weighted by Crippen LogP contribution is -2.28. The van der Waals surface area contributed by atoms with E-state index in [1.807, 2.05) is 31.2 Å². The van der Waals surface area contributed by atoms with E-state index in [0.717, 1.165) is 17.1 Å². The van der Waals surface area contributed by atoms with Gasteiger partial charge in [-0.25, -0.2) is 0 Å². The van der Waals surface area contributed by atoms with E-state index >= 15 is 0 Å². The summed E-state index contributed by atoms with van der Waals surface area (Å²) in [5, 5.41) is 3.04. The van der Waals surface area contributed by atoms with Crippen LogP contribution in [0.4, 0.5) is 0 Å². The van der Waals surface area contributed by atoms with Crippen molar-refractivity contribution in [1.29, 1.82) is 0 Å². The van der Waals surface area contributed by atoms with E-state index in [1.165, 1.54) is 16.7 Å². The number of carbonyl (C=O) groups excluding carboxylic acids is 1. The molecule has 0 saturated heterocycles. The number of aryl methyl sites for hydroxylation is 2. The van der Waals surface area contributed by atoms with E-state index in [2.05, 4.69) is 37.4 Å². The summed E-state index contributed by atoms with van der Waals surface area (Å²) in [5.74, 6) is 2.14. The van der Waals surface area contributed by atoms with Gasteiger partial charge in [0.05, 0.1) is 18.9 Å². The van der Waals surface area contributed by atoms with Gasteiger partial charge in [0.2, 0.25) is 5.91 Å². The Morgan fingerprint density at radius 1 is 1.17 bits per heavy atom. The van der Waals surface area contributed by atoms with Crippen LogP contribution >= 0.6 is 11.8 Å². The molecule has 0 aliphatic rings. The Kier molecular flexibility index (Phi) is 6.73. The highest BCUT2D eigenvalue weighted by Gasteiger charge is 2.13. The second kappa shape index (κ2) is 8.78. The largest absolute Gasteiger partial charge is 0.496 e. The summed E-state index contributed by atoms with van der Waals surface area (Å²) in [6, 6.07) is 14.2. The van der Waals surface area contributed by atoms with Crippen molar-refractivity contribution in [1.82, 2.24) is 5.32 Å². The highest BCUT2D eigenvalue weighted by molar-refractivity contribution is 7.99. The fraction of sp³-hybridized carbons (Fsp3) is 0.350. The predicted molar refractivity (Wildman–Crippen MR) is 102 cm³/mol. The summed E-state index contributed by atoms with van der Waals surface area (Å²) in [6.45, 7) is 6.18. The Morgan fingerprint density at radius 3 is 2.50 bits per heavy atom. The lowest BCUT2D eigenvalue weighted by Gasteiger charge is -2.17. The molecule has 0 bridgehead atoms. The first kappa shape index (κ1) is 18.4. The van der Waals surface area contributed by atoms with Gasteiger partial charge in [-0.05, 0) is 32.4 Å². The van der Waals surface area contributed by atoms with Crippen LogP contribution in [0.5, 0.6) is 5.75 Å². The van der Waals surface area contributed by atoms with Crippen molar-refractivity contribution in [3.63, 3.8) is 0 Å². The molecule has 0 radical (unpaired) electrons. The van der Waals surface area contributed by atoms with Crippen molar-refractivity contribution < 1.29 is 9.53 Å². The lowest BCUT2D eigenvalue weighted by molar-refractivity contribution is -0.119. The SMILES string of the molecule is COc1ccccc1[C@@H](C)NC(=O)CSCc1cc(C)cc(C)c1. The van der Waals surface area contributed by atoms with Crippen LogP contribution < -0.4 is 10.1 Å². The molecule has 1 N–H and O–H groups in total. The number of ether oxygens (including phenoxy) is 1. The van der Waals surface area contributed by atoms with E-state index in [0.29, 0.717) is 5.75 Å². The maximum absolute atomic E-state index is 12.2. The van der Waals surface area contributed by atoms with Crippen molar-refractivity contribution in [2.75, 3.05) is 12.9 Å². The van der Waals surface area contributed by atoms with Crippen molar-refractivity contribution >= 4 is 17.7 Å². The zero-order valence-electron chi connectivity index (χ0n) is 14.8. The molecule has 0 saturated carbocycles. The summed E-state index contributed by atoms with van der Waals surface area (Å²) in [4.78, 5) is 12.2. The Labute approximate surface area is 148 Å². The average molecular weight is 343 g/mol. The molecule has 0 spiro atoms. The number of hydrogen-bond acceptors (Lipinski definition) is 3. The molecule has 1 atom stereocenters. The normalized spacial score (nSPS) is 11.8. The minimum absolute atomic E-state index is 0.0442. The van der Waals surface area contributed by atoms with E-state index < -0.39 is 0 Å². The number of thioether (sulfide) groups is 1. The van der Waals surface area contributed by atoms with Crippen molar-refractivity contribution in [2.24, 2.45) is 0 Å². The Balaban J connectivity index is 1.84. The van der Waals surface area contributed by atoms with Gasteiger partial charge in [0, 0.05) is 11.3 Å². The van der Waals surface area contributed by atoms with Crippen molar-refractivity contribution in [3.8, 4) is 5.75 Å². The molecule has 2 rings (SSSR count). The van der Waals surface area contributed by atoms with Crippen molar-refractivity contribution in [2.45, 2.75) is 32.6 Å². The van der Waals surface area contributed by atoms with E-state index in [9.17, 15) is 4.79 Å². The van der Waals surface area contributed by atoms with Gasteiger partial charge < -0.3 is 10.1 Å². The Morgan fingerprint density at radius 2 is 1.83 bits per heavy atom. The quantitative estimate of drug-likeness (QED) is 0.808. The van der Waals surface area contributed by atoms with Gasteiger partial charge in [-0.2, -0.15) is 0 Å². The average Bonchev–Trinajstić information content (AvgIpc) is 2.53. The molecule has 24 heavy (non-hydrogen) atoms. The summed E-state index contributed by atoms with van der Waals surface area (Å²) >= 11 is 1.64. The highest BCUT2D eigenvalue weighted by atomic mass is 32.2. The smallest absolute Gasteiger partial charge is 0.230 e. The van der Waals surface area contributed by atoms with Crippen LogP contribution in [0, 0.1) is 13.8 Å². The number of hydrogen-bond donors (Lipinski definition) is 1. The third-order valence-electron chi connectivity index (χ3n) is 3.77. The molecule has 3 nitrogen and oxygen atoms in total. The fourth-order valence-electron chi connectivity index (χ4n) is 2.80. The zero-order valence-corrected chi connectivity index (χ0v) is 15.6. The second-order valence-electron chi connectivity index (χ2n) is 6.02. The summed E-state index contributed by atoms with van der Waals surface area (Å²) < 4.78 is 5.35. The summed E-state index contributed by atoms with van der Waals surface area (Å²) in [6.07, 6.45) is 0. The maximum Gasteiger partial charge on any atom is 0.230 e. The second-order valence-corrected chi connectivity index (χ2v) is 7.01. The number of rotatable bonds is 7. The Hall–Kier alpha value is -1.94. The standard InChI is InChI=1S/C20H25NO2S/c1-14-9-15(2)11-17(10-14)12-24-13-20(22)21-16(3)18-7-5-6-8-19(18)23-4/h5-11,16H,12-13H2,1-4H3,(H,21,22)/t16-/m1/s1. The molecule has 0 aliphatic heterocycles. The number of methoxy groups -OCH3 is 1. The first-order valence-corrected chi connectivity index (χ1v) is 9.22. The highest BCUT2D eigenvalue weighted by Crippen LogP contribution is 2.24. The number of amides is 1. The number of carbonyl (C=O) groups is 1. The Bertz CT molecular complexity index is 680. The topological polar surface area (TPSA) is 38.3 Å². The van der Waals surface area contributed by atoms with Crippen LogP contribution in [0.25, 0.3) is 0 Å². The first-order chi connectivity index (χ1) is 11.5. The molecule has 0 fully saturated rings. The molecular formula is C20H25NO2S. The van der Waals surface area contributed by atoms with Crippen LogP contribution in [0.1, 0.15) is 35.2 Å². The molecule has 128 valence electrons. The van der Waals surface area contributed by atoms with Crippen LogP contribution in [0.3, 0.4) is 0 Å². The molecule has 4 heteroatoms. The number of benzene rings is 2. The summed E-state index contributed by atoms with van der Waals surface area (Å²) in [5.41, 5.74) is 4.79. The van der Waals surface area contributed by atoms with Gasteiger partial charge in [0.25, 0.3) is 0 Å². The third kappa shape index (κ3) is 5.31. The predicted octanol–water partition coefficient (Wildman–Crippen LogP) is 4.42. The monoisotopic (exact) mass is 343 g/mol. The lowest BCUT2D eigenvalue weighted by atomic mass is 10.1. The molecule has 0 aromatic heterocycles. The van der Waals surface area contributed by atoms with Crippen LogP contribution in [0.15, 0.2) is 42.5 Å². The number of para-hydroxylation sites is 1. The van der Waals surface area contributed by atoms with Gasteiger partial charge in [0.15, 0.2) is 0 Å². The molecule has 1 amide bonds. The molecule has 0 unspecified atom stereocenters. The third-order valence-corrected chi connectivity index (χ3v) is 4.77. The first-order valence-electron chi connectivity index (χ1n) is 8.07. The van der Waals surface area contributed by atoms with Gasteiger partial charge in [-0.15, -0.1) is 11.8 Å². The van der Waals surface area contributed by atoms with Crippen LogP contribution in [-0.4, -0.2) is 18.8 Å².